The highest BCUT2D eigenvalue weighted by atomic mass is 35.5. The summed E-state index contributed by atoms with van der Waals surface area (Å²) in [5.74, 6) is -0.266. The Kier molecular flexibility index (Phi) is 2.53. The van der Waals surface area contributed by atoms with Crippen LogP contribution in [0.15, 0.2) is 12.1 Å². The van der Waals surface area contributed by atoms with Crippen molar-refractivity contribution in [1.82, 2.24) is 5.32 Å². The first kappa shape index (κ1) is 11.5. The Morgan fingerprint density at radius 1 is 1.39 bits per heavy atom. The lowest BCUT2D eigenvalue weighted by atomic mass is 10.0. The predicted molar refractivity (Wildman–Crippen MR) is 69.0 cm³/mol. The fraction of sp³-hybridized carbons (Fsp3) is 0.333. The molecule has 1 saturated heterocycles. The molecule has 0 aliphatic carbocycles. The van der Waals surface area contributed by atoms with Crippen LogP contribution >= 0.6 is 11.6 Å². The van der Waals surface area contributed by atoms with Gasteiger partial charge in [0.2, 0.25) is 11.8 Å². The molecule has 1 aromatic carbocycles. The van der Waals surface area contributed by atoms with Crippen LogP contribution in [-0.4, -0.2) is 30.9 Å². The van der Waals surface area contributed by atoms with E-state index in [4.69, 9.17) is 11.6 Å². The summed E-state index contributed by atoms with van der Waals surface area (Å²) in [5, 5.41) is 6.35. The van der Waals surface area contributed by atoms with Gasteiger partial charge in [-0.3, -0.25) is 14.5 Å². The molecule has 2 aliphatic heterocycles. The third-order valence-corrected chi connectivity index (χ3v) is 3.50. The van der Waals surface area contributed by atoms with Crippen molar-refractivity contribution < 1.29 is 9.59 Å². The molecular weight excluding hydrogens is 254 g/mol. The van der Waals surface area contributed by atoms with E-state index in [1.165, 1.54) is 0 Å². The highest BCUT2D eigenvalue weighted by Gasteiger charge is 2.39. The molecule has 3 rings (SSSR count). The van der Waals surface area contributed by atoms with Crippen molar-refractivity contribution in [1.29, 1.82) is 0 Å². The Morgan fingerprint density at radius 2 is 2.17 bits per heavy atom. The molecule has 94 valence electrons. The molecule has 0 spiro atoms. The number of piperazine rings is 1. The van der Waals surface area contributed by atoms with Crippen molar-refractivity contribution in [2.45, 2.75) is 13.0 Å². The lowest BCUT2D eigenvalue weighted by molar-refractivity contribution is -0.124. The zero-order valence-electron chi connectivity index (χ0n) is 9.79. The summed E-state index contributed by atoms with van der Waals surface area (Å²) in [6.45, 7) is 2.56. The number of rotatable bonds is 0. The van der Waals surface area contributed by atoms with Crippen molar-refractivity contribution in [3.63, 3.8) is 0 Å². The lowest BCUT2D eigenvalue weighted by Crippen LogP contribution is -2.61. The maximum Gasteiger partial charge on any atom is 0.248 e. The van der Waals surface area contributed by atoms with E-state index in [0.717, 1.165) is 5.56 Å². The van der Waals surface area contributed by atoms with Gasteiger partial charge in [-0.15, -0.1) is 0 Å². The summed E-state index contributed by atoms with van der Waals surface area (Å²) >= 11 is 6.03. The SMILES string of the molecule is Cc1cc(Cl)cc2c1NC(=O)C1CNCC(=O)N21. The Balaban J connectivity index is 2.19. The molecule has 2 N–H and O–H groups in total. The van der Waals surface area contributed by atoms with E-state index in [2.05, 4.69) is 10.6 Å². The van der Waals surface area contributed by atoms with Crippen molar-refractivity contribution >= 4 is 34.8 Å². The maximum atomic E-state index is 12.0. The Bertz CT molecular complexity index is 558. The van der Waals surface area contributed by atoms with E-state index >= 15 is 0 Å². The zero-order valence-corrected chi connectivity index (χ0v) is 10.5. The van der Waals surface area contributed by atoms with Gasteiger partial charge in [-0.2, -0.15) is 0 Å². The van der Waals surface area contributed by atoms with Crippen LogP contribution in [0, 0.1) is 6.92 Å². The molecule has 2 amide bonds. The molecule has 2 aliphatic rings. The summed E-state index contributed by atoms with van der Waals surface area (Å²) < 4.78 is 0. The number of nitrogens with one attached hydrogen (secondary N) is 2. The molecular formula is C12H12ClN3O2. The molecule has 6 heteroatoms. The molecule has 18 heavy (non-hydrogen) atoms. The molecule has 1 unspecified atom stereocenters. The number of anilines is 2. The van der Waals surface area contributed by atoms with E-state index in [0.29, 0.717) is 22.9 Å². The largest absolute Gasteiger partial charge is 0.322 e. The average Bonchev–Trinajstić information content (AvgIpc) is 2.31. The molecule has 0 bridgehead atoms. The van der Waals surface area contributed by atoms with E-state index in [1.54, 1.807) is 17.0 Å². The van der Waals surface area contributed by atoms with Crippen LogP contribution in [0.4, 0.5) is 11.4 Å². The summed E-state index contributed by atoms with van der Waals surface area (Å²) in [6, 6.07) is 3.00. The van der Waals surface area contributed by atoms with Crippen LogP contribution in [-0.2, 0) is 9.59 Å². The molecule has 0 saturated carbocycles. The van der Waals surface area contributed by atoms with Gasteiger partial charge >= 0.3 is 0 Å². The van der Waals surface area contributed by atoms with E-state index in [1.807, 2.05) is 6.92 Å². The first-order valence-corrected chi connectivity index (χ1v) is 6.09. The summed E-state index contributed by atoms with van der Waals surface area (Å²) in [5.41, 5.74) is 2.22. The van der Waals surface area contributed by atoms with Crippen LogP contribution in [0.25, 0.3) is 0 Å². The number of aryl methyl sites for hydroxylation is 1. The van der Waals surface area contributed by atoms with Gasteiger partial charge in [-0.1, -0.05) is 11.6 Å². The fourth-order valence-electron chi connectivity index (χ4n) is 2.46. The van der Waals surface area contributed by atoms with Crippen molar-refractivity contribution in [3.8, 4) is 0 Å². The van der Waals surface area contributed by atoms with Crippen molar-refractivity contribution in [2.75, 3.05) is 23.3 Å². The first-order valence-electron chi connectivity index (χ1n) is 5.71. The van der Waals surface area contributed by atoms with Gasteiger partial charge in [0.05, 0.1) is 17.9 Å². The molecule has 5 nitrogen and oxygen atoms in total. The third-order valence-electron chi connectivity index (χ3n) is 3.28. The van der Waals surface area contributed by atoms with Gasteiger partial charge in [-0.05, 0) is 24.6 Å². The number of nitrogens with zero attached hydrogens (tertiary/aromatic N) is 1. The number of carbonyl (C=O) groups is 2. The molecule has 2 heterocycles. The summed E-state index contributed by atoms with van der Waals surface area (Å²) in [7, 11) is 0. The minimum absolute atomic E-state index is 0.107. The topological polar surface area (TPSA) is 61.4 Å². The van der Waals surface area contributed by atoms with Gasteiger partial charge in [0.15, 0.2) is 0 Å². The molecule has 1 atom stereocenters. The number of fused-ring (bicyclic) bond motifs is 3. The second kappa shape index (κ2) is 3.96. The lowest BCUT2D eigenvalue weighted by Gasteiger charge is -2.40. The molecule has 0 radical (unpaired) electrons. The smallest absolute Gasteiger partial charge is 0.248 e. The third kappa shape index (κ3) is 1.59. The van der Waals surface area contributed by atoms with E-state index in [9.17, 15) is 9.59 Å². The number of benzene rings is 1. The van der Waals surface area contributed by atoms with Gasteiger partial charge in [-0.25, -0.2) is 0 Å². The van der Waals surface area contributed by atoms with Crippen LogP contribution < -0.4 is 15.5 Å². The van der Waals surface area contributed by atoms with Crippen LogP contribution in [0.2, 0.25) is 5.02 Å². The van der Waals surface area contributed by atoms with Crippen molar-refractivity contribution in [3.05, 3.63) is 22.7 Å². The molecule has 1 fully saturated rings. The number of hydrogen-bond donors (Lipinski definition) is 2. The Hall–Kier alpha value is -1.59. The van der Waals surface area contributed by atoms with Gasteiger partial charge in [0.1, 0.15) is 6.04 Å². The van der Waals surface area contributed by atoms with Crippen LogP contribution in [0.1, 0.15) is 5.56 Å². The van der Waals surface area contributed by atoms with Gasteiger partial charge in [0, 0.05) is 11.6 Å². The number of amides is 2. The standard InChI is InChI=1S/C12H12ClN3O2/c1-6-2-7(13)3-8-11(6)15-12(18)9-4-14-5-10(17)16(8)9/h2-3,9,14H,4-5H2,1H3,(H,15,18). The Labute approximate surface area is 109 Å². The Morgan fingerprint density at radius 3 is 2.94 bits per heavy atom. The normalized spacial score (nSPS) is 22.3. The highest BCUT2D eigenvalue weighted by Crippen LogP contribution is 2.37. The summed E-state index contributed by atoms with van der Waals surface area (Å²) in [4.78, 5) is 25.5. The average molecular weight is 266 g/mol. The number of hydrogen-bond acceptors (Lipinski definition) is 3. The second-order valence-corrected chi connectivity index (χ2v) is 4.95. The monoisotopic (exact) mass is 265 g/mol. The second-order valence-electron chi connectivity index (χ2n) is 4.52. The van der Waals surface area contributed by atoms with E-state index in [-0.39, 0.29) is 18.4 Å². The highest BCUT2D eigenvalue weighted by molar-refractivity contribution is 6.31. The number of carbonyl (C=O) groups excluding carboxylic acids is 2. The summed E-state index contributed by atoms with van der Waals surface area (Å²) in [6.07, 6.45) is 0. The number of halogens is 1. The maximum absolute atomic E-state index is 12.0. The molecule has 0 aromatic heterocycles. The zero-order chi connectivity index (χ0) is 12.9. The molecule has 1 aromatic rings. The first-order chi connectivity index (χ1) is 8.58. The van der Waals surface area contributed by atoms with Gasteiger partial charge < -0.3 is 10.6 Å². The fourth-order valence-corrected chi connectivity index (χ4v) is 2.73. The van der Waals surface area contributed by atoms with Gasteiger partial charge in [0.25, 0.3) is 0 Å². The quantitative estimate of drug-likeness (QED) is 0.733. The van der Waals surface area contributed by atoms with E-state index < -0.39 is 6.04 Å². The minimum Gasteiger partial charge on any atom is -0.322 e. The van der Waals surface area contributed by atoms with Crippen molar-refractivity contribution in [2.24, 2.45) is 0 Å². The van der Waals surface area contributed by atoms with Crippen LogP contribution in [0.5, 0.6) is 0 Å². The van der Waals surface area contributed by atoms with Crippen LogP contribution in [0.3, 0.4) is 0 Å². The minimum atomic E-state index is -0.489. The predicted octanol–water partition coefficient (Wildman–Crippen LogP) is 0.905.